The molecular weight excluding hydrogens is 319 g/mol. The van der Waals surface area contributed by atoms with Crippen LogP contribution in [0.4, 0.5) is 4.39 Å². The lowest BCUT2D eigenvalue weighted by molar-refractivity contribution is 0.174. The molecule has 0 atom stereocenters. The smallest absolute Gasteiger partial charge is 0.262 e. The van der Waals surface area contributed by atoms with Crippen molar-refractivity contribution < 1.29 is 13.9 Å². The van der Waals surface area contributed by atoms with Gasteiger partial charge in [0.05, 0.1) is 17.4 Å². The summed E-state index contributed by atoms with van der Waals surface area (Å²) in [6.45, 7) is 0.450. The number of benzene rings is 2. The van der Waals surface area contributed by atoms with E-state index < -0.39 is 5.82 Å². The van der Waals surface area contributed by atoms with Gasteiger partial charge in [-0.1, -0.05) is 6.07 Å². The molecule has 0 fully saturated rings. The molecule has 3 aromatic rings. The maximum atomic E-state index is 13.4. The number of rotatable bonds is 2. The van der Waals surface area contributed by atoms with Crippen LogP contribution in [0.3, 0.4) is 0 Å². The van der Waals surface area contributed by atoms with Gasteiger partial charge in [0, 0.05) is 0 Å². The van der Waals surface area contributed by atoms with Crippen molar-refractivity contribution in [3.05, 3.63) is 62.9 Å². The van der Waals surface area contributed by atoms with Gasteiger partial charge in [0.1, 0.15) is 5.82 Å². The van der Waals surface area contributed by atoms with E-state index in [2.05, 4.69) is 4.98 Å². The number of ether oxygens (including phenoxy) is 2. The van der Waals surface area contributed by atoms with Crippen molar-refractivity contribution >= 4 is 23.1 Å². The number of halogens is 1. The van der Waals surface area contributed by atoms with Gasteiger partial charge in [-0.2, -0.15) is 0 Å². The molecule has 4 rings (SSSR count). The summed E-state index contributed by atoms with van der Waals surface area (Å²) in [6.07, 6.45) is 0. The molecule has 0 saturated heterocycles. The molecular formula is C16H11FN2O3S. The molecule has 0 bridgehead atoms. The van der Waals surface area contributed by atoms with Crippen molar-refractivity contribution in [2.45, 2.75) is 6.54 Å². The molecule has 1 N–H and O–H groups in total. The first-order valence-corrected chi connectivity index (χ1v) is 7.33. The largest absolute Gasteiger partial charge is 0.454 e. The van der Waals surface area contributed by atoms with Gasteiger partial charge >= 0.3 is 0 Å². The minimum Gasteiger partial charge on any atom is -0.454 e. The molecule has 0 radical (unpaired) electrons. The van der Waals surface area contributed by atoms with Crippen molar-refractivity contribution in [1.82, 2.24) is 9.55 Å². The molecule has 0 saturated carbocycles. The highest BCUT2D eigenvalue weighted by Crippen LogP contribution is 2.32. The number of hydrogen-bond acceptors (Lipinski definition) is 4. The lowest BCUT2D eigenvalue weighted by Crippen LogP contribution is -2.22. The van der Waals surface area contributed by atoms with E-state index in [1.807, 2.05) is 6.07 Å². The first-order chi connectivity index (χ1) is 11.1. The predicted octanol–water partition coefficient (Wildman–Crippen LogP) is 2.98. The molecule has 1 aliphatic heterocycles. The molecule has 0 aliphatic carbocycles. The van der Waals surface area contributed by atoms with Crippen LogP contribution in [0.5, 0.6) is 11.5 Å². The molecule has 0 unspecified atom stereocenters. The van der Waals surface area contributed by atoms with Crippen LogP contribution in [0.2, 0.25) is 0 Å². The highest BCUT2D eigenvalue weighted by Gasteiger charge is 2.14. The number of aromatic nitrogens is 2. The lowest BCUT2D eigenvalue weighted by atomic mass is 10.2. The number of hydrogen-bond donors (Lipinski definition) is 1. The fourth-order valence-electron chi connectivity index (χ4n) is 2.59. The summed E-state index contributed by atoms with van der Waals surface area (Å²) in [6, 6.07) is 9.43. The van der Waals surface area contributed by atoms with Gasteiger partial charge in [-0.3, -0.25) is 9.36 Å². The van der Waals surface area contributed by atoms with Gasteiger partial charge in [-0.05, 0) is 48.1 Å². The molecule has 7 heteroatoms. The van der Waals surface area contributed by atoms with Crippen molar-refractivity contribution in [2.75, 3.05) is 6.79 Å². The van der Waals surface area contributed by atoms with Crippen LogP contribution in [-0.2, 0) is 6.54 Å². The zero-order valence-electron chi connectivity index (χ0n) is 11.8. The molecule has 0 spiro atoms. The predicted molar refractivity (Wildman–Crippen MR) is 85.0 cm³/mol. The van der Waals surface area contributed by atoms with Gasteiger partial charge < -0.3 is 14.5 Å². The molecule has 116 valence electrons. The summed E-state index contributed by atoms with van der Waals surface area (Å²) in [5.41, 5.74) is 1.02. The summed E-state index contributed by atoms with van der Waals surface area (Å²) in [4.78, 5) is 15.5. The van der Waals surface area contributed by atoms with Gasteiger partial charge in [0.25, 0.3) is 5.56 Å². The summed E-state index contributed by atoms with van der Waals surface area (Å²) < 4.78 is 25.7. The van der Waals surface area contributed by atoms with Gasteiger partial charge in [-0.15, -0.1) is 0 Å². The first-order valence-electron chi connectivity index (χ1n) is 6.93. The van der Waals surface area contributed by atoms with Crippen molar-refractivity contribution in [1.29, 1.82) is 0 Å². The third-order valence-electron chi connectivity index (χ3n) is 3.72. The Bertz CT molecular complexity index is 1040. The van der Waals surface area contributed by atoms with E-state index in [4.69, 9.17) is 21.7 Å². The summed E-state index contributed by atoms with van der Waals surface area (Å²) in [5.74, 6) is 0.846. The Hall–Kier alpha value is -2.67. The Kier molecular flexibility index (Phi) is 3.16. The molecule has 0 amide bonds. The van der Waals surface area contributed by atoms with E-state index >= 15 is 0 Å². The number of nitrogens with zero attached hydrogens (tertiary/aromatic N) is 1. The second-order valence-corrected chi connectivity index (χ2v) is 5.59. The normalized spacial score (nSPS) is 12.7. The molecule has 5 nitrogen and oxygen atoms in total. The fourth-order valence-corrected chi connectivity index (χ4v) is 2.85. The molecule has 2 heterocycles. The van der Waals surface area contributed by atoms with E-state index in [0.717, 1.165) is 5.56 Å². The standard InChI is InChI=1S/C16H11FN2O3S/c17-10-2-3-12-11(6-10)15(20)19(16(23)18-12)7-9-1-4-13-14(5-9)22-8-21-13/h1-6H,7-8H2,(H,18,23). The average Bonchev–Trinajstić information content (AvgIpc) is 3.00. The minimum atomic E-state index is -0.463. The zero-order chi connectivity index (χ0) is 16.0. The topological polar surface area (TPSA) is 56.2 Å². The van der Waals surface area contributed by atoms with Crippen LogP contribution in [-0.4, -0.2) is 16.3 Å². The maximum Gasteiger partial charge on any atom is 0.262 e. The van der Waals surface area contributed by atoms with Gasteiger partial charge in [0.15, 0.2) is 16.3 Å². The third-order valence-corrected chi connectivity index (χ3v) is 4.04. The Morgan fingerprint density at radius 2 is 2.00 bits per heavy atom. The SMILES string of the molecule is O=c1c2cc(F)ccc2[nH]c(=S)n1Cc1ccc2c(c1)OCO2. The number of nitrogens with one attached hydrogen (secondary N) is 1. The van der Waals surface area contributed by atoms with Crippen LogP contribution >= 0.6 is 12.2 Å². The van der Waals surface area contributed by atoms with E-state index in [1.54, 1.807) is 12.1 Å². The van der Waals surface area contributed by atoms with Crippen LogP contribution in [0, 0.1) is 10.6 Å². The third kappa shape index (κ3) is 2.39. The van der Waals surface area contributed by atoms with Crippen LogP contribution in [0.15, 0.2) is 41.2 Å². The highest BCUT2D eigenvalue weighted by molar-refractivity contribution is 7.71. The van der Waals surface area contributed by atoms with E-state index in [0.29, 0.717) is 17.0 Å². The number of aromatic amines is 1. The van der Waals surface area contributed by atoms with Crippen molar-refractivity contribution in [2.24, 2.45) is 0 Å². The van der Waals surface area contributed by atoms with Gasteiger partial charge in [0.2, 0.25) is 6.79 Å². The molecule has 1 aliphatic rings. The Morgan fingerprint density at radius 1 is 1.17 bits per heavy atom. The minimum absolute atomic E-state index is 0.189. The average molecular weight is 330 g/mol. The fraction of sp³-hybridized carbons (Fsp3) is 0.125. The maximum absolute atomic E-state index is 13.4. The second kappa shape index (κ2) is 5.20. The lowest BCUT2D eigenvalue weighted by Gasteiger charge is -2.09. The van der Waals surface area contributed by atoms with Gasteiger partial charge in [-0.25, -0.2) is 4.39 Å². The quantitative estimate of drug-likeness (QED) is 0.734. The van der Waals surface area contributed by atoms with Crippen LogP contribution in [0.1, 0.15) is 5.56 Å². The molecule has 1 aromatic heterocycles. The Morgan fingerprint density at radius 3 is 2.87 bits per heavy atom. The Labute approximate surface area is 134 Å². The zero-order valence-corrected chi connectivity index (χ0v) is 12.7. The van der Waals surface area contributed by atoms with Crippen molar-refractivity contribution in [3.63, 3.8) is 0 Å². The molecule has 2 aromatic carbocycles. The van der Waals surface area contributed by atoms with E-state index in [9.17, 15) is 9.18 Å². The summed E-state index contributed by atoms with van der Waals surface area (Å²) >= 11 is 5.26. The van der Waals surface area contributed by atoms with E-state index in [1.165, 1.54) is 22.8 Å². The number of fused-ring (bicyclic) bond motifs is 2. The number of H-pyrrole nitrogens is 1. The van der Waals surface area contributed by atoms with Crippen LogP contribution < -0.4 is 15.0 Å². The summed E-state index contributed by atoms with van der Waals surface area (Å²) in [7, 11) is 0. The Balaban J connectivity index is 1.83. The first kappa shape index (κ1) is 14.0. The molecule has 23 heavy (non-hydrogen) atoms. The van der Waals surface area contributed by atoms with Crippen LogP contribution in [0.25, 0.3) is 10.9 Å². The van der Waals surface area contributed by atoms with E-state index in [-0.39, 0.29) is 29.1 Å². The second-order valence-electron chi connectivity index (χ2n) is 5.20. The highest BCUT2D eigenvalue weighted by atomic mass is 32.1. The van der Waals surface area contributed by atoms with Crippen molar-refractivity contribution in [3.8, 4) is 11.5 Å². The monoisotopic (exact) mass is 330 g/mol. The summed E-state index contributed by atoms with van der Waals surface area (Å²) in [5, 5.41) is 0.263.